The van der Waals surface area contributed by atoms with Crippen LogP contribution in [-0.2, 0) is 6.54 Å². The molecule has 0 amide bonds. The van der Waals surface area contributed by atoms with Crippen molar-refractivity contribution in [3.8, 4) is 0 Å². The molecule has 0 unspecified atom stereocenters. The van der Waals surface area contributed by atoms with Crippen molar-refractivity contribution in [1.29, 1.82) is 0 Å². The van der Waals surface area contributed by atoms with Crippen molar-refractivity contribution in [2.75, 3.05) is 25.0 Å². The van der Waals surface area contributed by atoms with Crippen LogP contribution in [0.25, 0.3) is 6.08 Å². The topological polar surface area (TPSA) is 15.3 Å². The normalized spacial score (nSPS) is 15.7. The zero-order valence-electron chi connectivity index (χ0n) is 14.0. The van der Waals surface area contributed by atoms with Gasteiger partial charge >= 0.3 is 0 Å². The molecule has 0 spiro atoms. The van der Waals surface area contributed by atoms with Gasteiger partial charge < -0.3 is 5.32 Å². The highest BCUT2D eigenvalue weighted by Crippen LogP contribution is 2.16. The van der Waals surface area contributed by atoms with Crippen molar-refractivity contribution >= 4 is 27.7 Å². The molecule has 2 aromatic rings. The quantitative estimate of drug-likeness (QED) is 0.700. The van der Waals surface area contributed by atoms with E-state index in [-0.39, 0.29) is 0 Å². The summed E-state index contributed by atoms with van der Waals surface area (Å²) in [5, 5.41) is 3.45. The van der Waals surface area contributed by atoms with Gasteiger partial charge in [-0.25, -0.2) is 0 Å². The molecule has 0 radical (unpaired) electrons. The molecule has 0 aromatic heterocycles. The minimum atomic E-state index is 0.831. The molecule has 24 heavy (non-hydrogen) atoms. The van der Waals surface area contributed by atoms with Gasteiger partial charge in [0, 0.05) is 23.2 Å². The van der Waals surface area contributed by atoms with Crippen LogP contribution >= 0.6 is 15.9 Å². The molecule has 1 heterocycles. The molecule has 1 fully saturated rings. The van der Waals surface area contributed by atoms with Gasteiger partial charge in [-0.15, -0.1) is 0 Å². The van der Waals surface area contributed by atoms with Gasteiger partial charge in [0.15, 0.2) is 0 Å². The second-order valence-electron chi connectivity index (χ2n) is 6.37. The highest BCUT2D eigenvalue weighted by atomic mass is 79.9. The molecule has 1 N–H and O–H groups in total. The summed E-state index contributed by atoms with van der Waals surface area (Å²) in [6.45, 7) is 4.42. The van der Waals surface area contributed by atoms with Gasteiger partial charge in [-0.1, -0.05) is 58.8 Å². The lowest BCUT2D eigenvalue weighted by atomic mass is 10.1. The number of likely N-dealkylation sites (tertiary alicyclic amines) is 1. The van der Waals surface area contributed by atoms with Crippen molar-refractivity contribution in [2.45, 2.75) is 25.8 Å². The Morgan fingerprint density at radius 2 is 1.79 bits per heavy atom. The van der Waals surface area contributed by atoms with E-state index in [2.05, 4.69) is 80.8 Å². The van der Waals surface area contributed by atoms with Gasteiger partial charge in [0.1, 0.15) is 0 Å². The van der Waals surface area contributed by atoms with E-state index in [0.717, 1.165) is 17.6 Å². The molecule has 2 aromatic carbocycles. The summed E-state index contributed by atoms with van der Waals surface area (Å²) in [4.78, 5) is 2.56. The summed E-state index contributed by atoms with van der Waals surface area (Å²) in [6, 6.07) is 17.2. The predicted octanol–water partition coefficient (Wildman–Crippen LogP) is 5.56. The van der Waals surface area contributed by atoms with Crippen LogP contribution in [0.3, 0.4) is 0 Å². The predicted molar refractivity (Wildman–Crippen MR) is 107 cm³/mol. The number of nitrogens with one attached hydrogen (secondary N) is 1. The van der Waals surface area contributed by atoms with Crippen LogP contribution in [0.15, 0.2) is 59.1 Å². The number of halogens is 1. The third-order valence-corrected chi connectivity index (χ3v) is 4.89. The zero-order valence-corrected chi connectivity index (χ0v) is 15.6. The minimum Gasteiger partial charge on any atom is -0.382 e. The number of anilines is 1. The van der Waals surface area contributed by atoms with E-state index in [4.69, 9.17) is 0 Å². The second-order valence-corrected chi connectivity index (χ2v) is 7.29. The Hall–Kier alpha value is -1.58. The lowest BCUT2D eigenvalue weighted by Gasteiger charge is -2.26. The monoisotopic (exact) mass is 384 g/mol. The molecule has 0 bridgehead atoms. The second kappa shape index (κ2) is 9.05. The van der Waals surface area contributed by atoms with E-state index in [1.54, 1.807) is 0 Å². The molecule has 1 aliphatic rings. The lowest BCUT2D eigenvalue weighted by molar-refractivity contribution is 0.221. The first-order chi connectivity index (χ1) is 11.8. The van der Waals surface area contributed by atoms with Crippen LogP contribution in [0.1, 0.15) is 30.4 Å². The molecule has 0 aliphatic carbocycles. The Labute approximate surface area is 153 Å². The maximum absolute atomic E-state index is 3.50. The number of benzene rings is 2. The lowest BCUT2D eigenvalue weighted by Crippen LogP contribution is -2.29. The Kier molecular flexibility index (Phi) is 6.50. The third-order valence-electron chi connectivity index (χ3n) is 4.39. The smallest absolute Gasteiger partial charge is 0.0342 e. The first-order valence-electron chi connectivity index (χ1n) is 8.77. The fourth-order valence-electron chi connectivity index (χ4n) is 3.09. The van der Waals surface area contributed by atoms with E-state index < -0.39 is 0 Å². The average Bonchev–Trinajstić information content (AvgIpc) is 2.61. The largest absolute Gasteiger partial charge is 0.382 e. The van der Waals surface area contributed by atoms with Crippen LogP contribution < -0.4 is 5.32 Å². The van der Waals surface area contributed by atoms with Gasteiger partial charge in [-0.3, -0.25) is 4.90 Å². The Balaban J connectivity index is 1.45. The molecule has 3 heteroatoms. The van der Waals surface area contributed by atoms with E-state index in [9.17, 15) is 0 Å². The van der Waals surface area contributed by atoms with Gasteiger partial charge in [-0.05, 0) is 61.3 Å². The summed E-state index contributed by atoms with van der Waals surface area (Å²) < 4.78 is 1.11. The van der Waals surface area contributed by atoms with Gasteiger partial charge in [0.25, 0.3) is 0 Å². The zero-order chi connectivity index (χ0) is 16.6. The highest BCUT2D eigenvalue weighted by Gasteiger charge is 2.09. The van der Waals surface area contributed by atoms with Gasteiger partial charge in [0.05, 0.1) is 0 Å². The first kappa shape index (κ1) is 17.2. The van der Waals surface area contributed by atoms with Crippen molar-refractivity contribution in [3.63, 3.8) is 0 Å². The van der Waals surface area contributed by atoms with E-state index in [1.165, 1.54) is 49.2 Å². The van der Waals surface area contributed by atoms with Crippen molar-refractivity contribution in [2.24, 2.45) is 0 Å². The fraction of sp³-hybridized carbons (Fsp3) is 0.333. The summed E-state index contributed by atoms with van der Waals surface area (Å²) in [5.41, 5.74) is 3.80. The van der Waals surface area contributed by atoms with Crippen LogP contribution in [0.4, 0.5) is 5.69 Å². The van der Waals surface area contributed by atoms with Crippen molar-refractivity contribution in [3.05, 3.63) is 70.2 Å². The summed E-state index contributed by atoms with van der Waals surface area (Å²) >= 11 is 3.50. The standard InChI is InChI=1S/C21H25BrN2/c22-20-8-4-6-18(16-20)7-5-13-23-21-11-9-19(10-12-21)17-24-14-2-1-3-15-24/h4-12,16,23H,1-3,13-15,17H2/b7-5+. The molecule has 2 nitrogen and oxygen atoms in total. The Bertz CT molecular complexity index is 658. The number of hydrogen-bond donors (Lipinski definition) is 1. The SMILES string of the molecule is Brc1cccc(/C=C/CNc2ccc(CN3CCCCC3)cc2)c1. The highest BCUT2D eigenvalue weighted by molar-refractivity contribution is 9.10. The van der Waals surface area contributed by atoms with Crippen molar-refractivity contribution < 1.29 is 0 Å². The average molecular weight is 385 g/mol. The molecule has 1 saturated heterocycles. The summed E-state index contributed by atoms with van der Waals surface area (Å²) in [5.74, 6) is 0. The number of hydrogen-bond acceptors (Lipinski definition) is 2. The summed E-state index contributed by atoms with van der Waals surface area (Å²) in [7, 11) is 0. The Morgan fingerprint density at radius 1 is 1.00 bits per heavy atom. The maximum atomic E-state index is 3.50. The van der Waals surface area contributed by atoms with Gasteiger partial charge in [0.2, 0.25) is 0 Å². The molecule has 126 valence electrons. The molecular formula is C21H25BrN2. The number of rotatable bonds is 6. The van der Waals surface area contributed by atoms with Crippen LogP contribution in [0.5, 0.6) is 0 Å². The molecule has 3 rings (SSSR count). The van der Waals surface area contributed by atoms with Crippen LogP contribution in [0, 0.1) is 0 Å². The van der Waals surface area contributed by atoms with Crippen LogP contribution in [0.2, 0.25) is 0 Å². The minimum absolute atomic E-state index is 0.831. The van der Waals surface area contributed by atoms with E-state index >= 15 is 0 Å². The summed E-state index contributed by atoms with van der Waals surface area (Å²) in [6.07, 6.45) is 8.40. The molecule has 0 atom stereocenters. The molecular weight excluding hydrogens is 360 g/mol. The number of nitrogens with zero attached hydrogens (tertiary/aromatic N) is 1. The molecule has 1 aliphatic heterocycles. The van der Waals surface area contributed by atoms with E-state index in [1.807, 2.05) is 6.07 Å². The molecule has 0 saturated carbocycles. The maximum Gasteiger partial charge on any atom is 0.0342 e. The fourth-order valence-corrected chi connectivity index (χ4v) is 3.50. The van der Waals surface area contributed by atoms with Crippen molar-refractivity contribution in [1.82, 2.24) is 4.90 Å². The Morgan fingerprint density at radius 3 is 2.54 bits per heavy atom. The third kappa shape index (κ3) is 5.50. The van der Waals surface area contributed by atoms with Gasteiger partial charge in [-0.2, -0.15) is 0 Å². The van der Waals surface area contributed by atoms with E-state index in [0.29, 0.717) is 0 Å². The van der Waals surface area contributed by atoms with Crippen LogP contribution in [-0.4, -0.2) is 24.5 Å². The number of piperidine rings is 1. The first-order valence-corrected chi connectivity index (χ1v) is 9.56.